The van der Waals surface area contributed by atoms with Gasteiger partial charge in [0.05, 0.1) is 25.9 Å². The number of hydrogen-bond donors (Lipinski definition) is 2. The minimum Gasteiger partial charge on any atom is -0.391 e. The lowest BCUT2D eigenvalue weighted by Crippen LogP contribution is -2.42. The Kier molecular flexibility index (Phi) is 7.93. The Bertz CT molecular complexity index is 575. The van der Waals surface area contributed by atoms with Gasteiger partial charge in [0.25, 0.3) is 0 Å². The quantitative estimate of drug-likeness (QED) is 0.555. The molecular weight excluding hydrogens is 340 g/mol. The number of aliphatic hydroxyl groups excluding tert-OH is 1. The maximum atomic E-state index is 10.4. The number of ether oxygens (including phenoxy) is 1. The molecule has 150 valence electrons. The number of aliphatic imine (C=N–C) groups is 1. The lowest BCUT2D eigenvalue weighted by Gasteiger charge is -2.29. The van der Waals surface area contributed by atoms with Crippen molar-refractivity contribution >= 4 is 5.96 Å². The zero-order valence-corrected chi connectivity index (χ0v) is 16.5. The molecule has 1 aromatic carbocycles. The van der Waals surface area contributed by atoms with Gasteiger partial charge >= 0.3 is 0 Å². The van der Waals surface area contributed by atoms with Crippen molar-refractivity contribution in [3.63, 3.8) is 0 Å². The molecule has 2 heterocycles. The fourth-order valence-corrected chi connectivity index (χ4v) is 3.89. The fourth-order valence-electron chi connectivity index (χ4n) is 3.89. The van der Waals surface area contributed by atoms with E-state index < -0.39 is 6.10 Å². The third-order valence-corrected chi connectivity index (χ3v) is 5.31. The number of rotatable bonds is 7. The van der Waals surface area contributed by atoms with Crippen molar-refractivity contribution in [3.8, 4) is 0 Å². The van der Waals surface area contributed by atoms with Crippen LogP contribution in [0.3, 0.4) is 0 Å². The van der Waals surface area contributed by atoms with E-state index in [-0.39, 0.29) is 0 Å². The summed E-state index contributed by atoms with van der Waals surface area (Å²) in [4.78, 5) is 9.59. The number of nitrogens with zero attached hydrogens (tertiary/aromatic N) is 3. The van der Waals surface area contributed by atoms with Gasteiger partial charge in [-0.25, -0.2) is 0 Å². The van der Waals surface area contributed by atoms with Crippen LogP contribution in [0.2, 0.25) is 0 Å². The second kappa shape index (κ2) is 10.6. The summed E-state index contributed by atoms with van der Waals surface area (Å²) in [6.45, 7) is 10.4. The number of hydrogen-bond acceptors (Lipinski definition) is 4. The van der Waals surface area contributed by atoms with Gasteiger partial charge in [-0.1, -0.05) is 30.3 Å². The third-order valence-electron chi connectivity index (χ3n) is 5.31. The monoisotopic (exact) mass is 374 g/mol. The number of guanidine groups is 1. The van der Waals surface area contributed by atoms with Crippen molar-refractivity contribution in [1.82, 2.24) is 15.1 Å². The van der Waals surface area contributed by atoms with Crippen molar-refractivity contribution in [2.24, 2.45) is 10.9 Å². The van der Waals surface area contributed by atoms with Crippen LogP contribution >= 0.6 is 0 Å². The summed E-state index contributed by atoms with van der Waals surface area (Å²) >= 11 is 0. The molecule has 2 unspecified atom stereocenters. The molecule has 0 radical (unpaired) electrons. The fraction of sp³-hybridized carbons (Fsp3) is 0.667. The van der Waals surface area contributed by atoms with Crippen LogP contribution < -0.4 is 5.32 Å². The molecule has 6 heteroatoms. The van der Waals surface area contributed by atoms with Crippen LogP contribution in [0.4, 0.5) is 0 Å². The average molecular weight is 375 g/mol. The topological polar surface area (TPSA) is 60.3 Å². The molecular formula is C21H34N4O2. The maximum absolute atomic E-state index is 10.4. The van der Waals surface area contributed by atoms with Gasteiger partial charge in [-0.05, 0) is 24.8 Å². The Hall–Kier alpha value is -1.63. The Morgan fingerprint density at radius 2 is 2.04 bits per heavy atom. The van der Waals surface area contributed by atoms with E-state index in [9.17, 15) is 5.11 Å². The predicted octanol–water partition coefficient (Wildman–Crippen LogP) is 1.21. The molecule has 0 saturated carbocycles. The van der Waals surface area contributed by atoms with Gasteiger partial charge in [0.2, 0.25) is 0 Å². The molecule has 0 bridgehead atoms. The van der Waals surface area contributed by atoms with E-state index in [0.717, 1.165) is 64.0 Å². The molecule has 0 aliphatic carbocycles. The summed E-state index contributed by atoms with van der Waals surface area (Å²) in [6, 6.07) is 10.1. The van der Waals surface area contributed by atoms with Crippen LogP contribution in [0.5, 0.6) is 0 Å². The first-order valence-electron chi connectivity index (χ1n) is 10.3. The number of morpholine rings is 1. The first-order chi connectivity index (χ1) is 13.2. The minimum atomic E-state index is -0.451. The van der Waals surface area contributed by atoms with Gasteiger partial charge < -0.3 is 20.1 Å². The van der Waals surface area contributed by atoms with Gasteiger partial charge in [-0.3, -0.25) is 9.89 Å². The lowest BCUT2D eigenvalue weighted by atomic mass is 10.1. The highest BCUT2D eigenvalue weighted by Gasteiger charge is 2.27. The molecule has 2 aliphatic heterocycles. The van der Waals surface area contributed by atoms with E-state index in [4.69, 9.17) is 9.73 Å². The predicted molar refractivity (Wildman–Crippen MR) is 109 cm³/mol. The van der Waals surface area contributed by atoms with Gasteiger partial charge in [0, 0.05) is 45.7 Å². The maximum Gasteiger partial charge on any atom is 0.194 e. The smallest absolute Gasteiger partial charge is 0.194 e. The summed E-state index contributed by atoms with van der Waals surface area (Å²) < 4.78 is 5.45. The van der Waals surface area contributed by atoms with Crippen LogP contribution in [-0.2, 0) is 11.2 Å². The standard InChI is InChI=1S/C21H34N4O2/c1-2-22-21(23-15-20(26)14-18-6-4-3-5-7-18)25-9-8-19(17-25)16-24-10-12-27-13-11-24/h3-7,19-20,26H,2,8-17H2,1H3,(H,22,23). The molecule has 0 aromatic heterocycles. The molecule has 2 atom stereocenters. The van der Waals surface area contributed by atoms with Crippen molar-refractivity contribution in [2.75, 3.05) is 59.0 Å². The molecule has 0 amide bonds. The highest BCUT2D eigenvalue weighted by molar-refractivity contribution is 5.80. The molecule has 0 spiro atoms. The van der Waals surface area contributed by atoms with E-state index in [1.165, 1.54) is 6.42 Å². The Morgan fingerprint density at radius 1 is 1.26 bits per heavy atom. The van der Waals surface area contributed by atoms with Crippen LogP contribution in [-0.4, -0.2) is 86.0 Å². The summed E-state index contributed by atoms with van der Waals surface area (Å²) in [5.74, 6) is 1.62. The summed E-state index contributed by atoms with van der Waals surface area (Å²) in [6.07, 6.45) is 1.39. The van der Waals surface area contributed by atoms with Gasteiger partial charge in [0.1, 0.15) is 0 Å². The second-order valence-electron chi connectivity index (χ2n) is 7.55. The number of likely N-dealkylation sites (tertiary alicyclic amines) is 1. The van der Waals surface area contributed by atoms with E-state index in [1.807, 2.05) is 18.2 Å². The molecule has 2 N–H and O–H groups in total. The SMILES string of the molecule is CCNC(=NCC(O)Cc1ccccc1)N1CCC(CN2CCOCC2)C1. The van der Waals surface area contributed by atoms with Crippen molar-refractivity contribution in [2.45, 2.75) is 25.9 Å². The Balaban J connectivity index is 1.49. The molecule has 2 saturated heterocycles. The van der Waals surface area contributed by atoms with Crippen molar-refractivity contribution in [1.29, 1.82) is 0 Å². The molecule has 6 nitrogen and oxygen atoms in total. The third kappa shape index (κ3) is 6.48. The van der Waals surface area contributed by atoms with E-state index in [0.29, 0.717) is 18.9 Å². The average Bonchev–Trinajstić information content (AvgIpc) is 3.15. The number of benzene rings is 1. The van der Waals surface area contributed by atoms with Crippen LogP contribution in [0.1, 0.15) is 18.9 Å². The van der Waals surface area contributed by atoms with Crippen LogP contribution in [0.25, 0.3) is 0 Å². The minimum absolute atomic E-state index is 0.432. The molecule has 27 heavy (non-hydrogen) atoms. The summed E-state index contributed by atoms with van der Waals surface area (Å²) in [7, 11) is 0. The molecule has 3 rings (SSSR count). The Labute approximate surface area is 163 Å². The van der Waals surface area contributed by atoms with Crippen molar-refractivity contribution < 1.29 is 9.84 Å². The largest absolute Gasteiger partial charge is 0.391 e. The lowest BCUT2D eigenvalue weighted by molar-refractivity contribution is 0.0315. The van der Waals surface area contributed by atoms with Gasteiger partial charge in [-0.15, -0.1) is 0 Å². The highest BCUT2D eigenvalue weighted by Crippen LogP contribution is 2.18. The second-order valence-corrected chi connectivity index (χ2v) is 7.55. The Morgan fingerprint density at radius 3 is 2.78 bits per heavy atom. The van der Waals surface area contributed by atoms with Gasteiger partial charge in [0.15, 0.2) is 5.96 Å². The number of aliphatic hydroxyl groups is 1. The highest BCUT2D eigenvalue weighted by atomic mass is 16.5. The first kappa shape index (κ1) is 20.1. The molecule has 1 aromatic rings. The van der Waals surface area contributed by atoms with Crippen LogP contribution in [0, 0.1) is 5.92 Å². The zero-order chi connectivity index (χ0) is 18.9. The molecule has 2 fully saturated rings. The zero-order valence-electron chi connectivity index (χ0n) is 16.5. The number of nitrogens with one attached hydrogen (secondary N) is 1. The summed E-state index contributed by atoms with van der Waals surface area (Å²) in [5.41, 5.74) is 1.15. The van der Waals surface area contributed by atoms with E-state index >= 15 is 0 Å². The first-order valence-corrected chi connectivity index (χ1v) is 10.3. The van der Waals surface area contributed by atoms with Crippen molar-refractivity contribution in [3.05, 3.63) is 35.9 Å². The molecule has 2 aliphatic rings. The van der Waals surface area contributed by atoms with Gasteiger partial charge in [-0.2, -0.15) is 0 Å². The van der Waals surface area contributed by atoms with E-state index in [1.54, 1.807) is 0 Å². The van der Waals surface area contributed by atoms with Crippen LogP contribution in [0.15, 0.2) is 35.3 Å². The normalized spacial score (nSPS) is 22.8. The summed E-state index contributed by atoms with van der Waals surface area (Å²) in [5, 5.41) is 13.8. The van der Waals surface area contributed by atoms with E-state index in [2.05, 4.69) is 34.2 Å².